The molecule has 1 aliphatic rings. The molecule has 0 spiro atoms. The second-order valence-electron chi connectivity index (χ2n) is 8.02. The van der Waals surface area contributed by atoms with Crippen molar-refractivity contribution in [3.63, 3.8) is 0 Å². The van der Waals surface area contributed by atoms with Crippen molar-refractivity contribution in [3.05, 3.63) is 70.8 Å². The Morgan fingerprint density at radius 1 is 1.21 bits per heavy atom. The minimum atomic E-state index is -4.57. The van der Waals surface area contributed by atoms with Gasteiger partial charge in [-0.05, 0) is 49.6 Å². The molecule has 0 fully saturated rings. The molecule has 10 heteroatoms. The number of carbonyl (C=O) groups is 2. The standard InChI is InChI=1S/C23H21F3N4O3/c1-12-6-15(10-27-9-12)22(32)29-18-11-28-30-13(2)7-16(21(31)20(18)30)14-4-5-17(23(24,25)26)19(8-14)33-3/h4-6,8-11,13,16H,7H2,1-3H3,(H,29,32)/t13-,16?/m0/s1. The molecule has 2 aromatic heterocycles. The zero-order valence-electron chi connectivity index (χ0n) is 18.1. The fourth-order valence-electron chi connectivity index (χ4n) is 4.07. The van der Waals surface area contributed by atoms with Crippen molar-refractivity contribution in [2.75, 3.05) is 12.4 Å². The Labute approximate surface area is 187 Å². The number of amides is 1. The summed E-state index contributed by atoms with van der Waals surface area (Å²) >= 11 is 0. The Morgan fingerprint density at radius 2 is 1.97 bits per heavy atom. The fraction of sp³-hybridized carbons (Fsp3) is 0.304. The summed E-state index contributed by atoms with van der Waals surface area (Å²) in [6.07, 6.45) is 0.207. The Morgan fingerprint density at radius 3 is 2.64 bits per heavy atom. The molecule has 1 amide bonds. The normalized spacial score (nSPS) is 18.1. The van der Waals surface area contributed by atoms with Crippen LogP contribution in [0.1, 0.15) is 62.8 Å². The number of ether oxygens (including phenoxy) is 1. The number of ketones is 1. The third-order valence-corrected chi connectivity index (χ3v) is 5.66. The van der Waals surface area contributed by atoms with Crippen LogP contribution in [0.3, 0.4) is 0 Å². The summed E-state index contributed by atoms with van der Waals surface area (Å²) in [5.74, 6) is -1.84. The van der Waals surface area contributed by atoms with Gasteiger partial charge in [0.25, 0.3) is 5.91 Å². The highest BCUT2D eigenvalue weighted by Crippen LogP contribution is 2.42. The largest absolute Gasteiger partial charge is 0.496 e. The lowest BCUT2D eigenvalue weighted by molar-refractivity contribution is -0.138. The third-order valence-electron chi connectivity index (χ3n) is 5.66. The maximum absolute atomic E-state index is 13.4. The maximum Gasteiger partial charge on any atom is 0.419 e. The van der Waals surface area contributed by atoms with Crippen LogP contribution in [0, 0.1) is 6.92 Å². The predicted octanol–water partition coefficient (Wildman–Crippen LogP) is 4.80. The van der Waals surface area contributed by atoms with Gasteiger partial charge in [0, 0.05) is 12.4 Å². The van der Waals surface area contributed by atoms with Gasteiger partial charge in [-0.15, -0.1) is 0 Å². The molecule has 1 aliphatic heterocycles. The molecule has 4 rings (SSSR count). The monoisotopic (exact) mass is 458 g/mol. The number of aromatic nitrogens is 3. The van der Waals surface area contributed by atoms with E-state index in [1.54, 1.807) is 19.2 Å². The van der Waals surface area contributed by atoms with E-state index in [9.17, 15) is 22.8 Å². The first-order valence-electron chi connectivity index (χ1n) is 10.2. The van der Waals surface area contributed by atoms with Crippen molar-refractivity contribution < 1.29 is 27.5 Å². The van der Waals surface area contributed by atoms with Crippen LogP contribution < -0.4 is 10.1 Å². The van der Waals surface area contributed by atoms with E-state index in [0.29, 0.717) is 17.5 Å². The van der Waals surface area contributed by atoms with Gasteiger partial charge in [0.2, 0.25) is 0 Å². The van der Waals surface area contributed by atoms with Crippen LogP contribution in [0.25, 0.3) is 0 Å². The van der Waals surface area contributed by atoms with Crippen LogP contribution in [0.2, 0.25) is 0 Å². The number of halogens is 3. The molecule has 1 unspecified atom stereocenters. The van der Waals surface area contributed by atoms with E-state index in [1.165, 1.54) is 29.2 Å². The first-order chi connectivity index (χ1) is 15.6. The van der Waals surface area contributed by atoms with E-state index < -0.39 is 23.6 Å². The molecule has 1 aromatic carbocycles. The van der Waals surface area contributed by atoms with Crippen molar-refractivity contribution in [2.24, 2.45) is 0 Å². The van der Waals surface area contributed by atoms with Crippen LogP contribution >= 0.6 is 0 Å². The number of anilines is 1. The minimum Gasteiger partial charge on any atom is -0.496 e. The molecule has 3 heterocycles. The first kappa shape index (κ1) is 22.5. The molecule has 0 aliphatic carbocycles. The maximum atomic E-state index is 13.4. The van der Waals surface area contributed by atoms with Crippen molar-refractivity contribution in [1.29, 1.82) is 0 Å². The second kappa shape index (κ2) is 8.34. The highest BCUT2D eigenvalue weighted by Gasteiger charge is 2.38. The Balaban J connectivity index is 1.67. The summed E-state index contributed by atoms with van der Waals surface area (Å²) < 4.78 is 46.2. The van der Waals surface area contributed by atoms with Crippen LogP contribution in [-0.2, 0) is 6.18 Å². The van der Waals surface area contributed by atoms with Crippen LogP contribution in [0.5, 0.6) is 5.75 Å². The summed E-state index contributed by atoms with van der Waals surface area (Å²) in [6.45, 7) is 3.66. The highest BCUT2D eigenvalue weighted by molar-refractivity contribution is 6.10. The summed E-state index contributed by atoms with van der Waals surface area (Å²) in [4.78, 5) is 30.1. The number of hydrogen-bond donors (Lipinski definition) is 1. The van der Waals surface area contributed by atoms with Crippen LogP contribution in [0.4, 0.5) is 18.9 Å². The minimum absolute atomic E-state index is 0.201. The van der Waals surface area contributed by atoms with E-state index >= 15 is 0 Å². The topological polar surface area (TPSA) is 86.1 Å². The van der Waals surface area contributed by atoms with Crippen molar-refractivity contribution in [1.82, 2.24) is 14.8 Å². The first-order valence-corrected chi connectivity index (χ1v) is 10.2. The quantitative estimate of drug-likeness (QED) is 0.607. The number of Topliss-reactive ketones (excluding diaryl/α,β-unsaturated/α-hetero) is 1. The molecule has 0 saturated carbocycles. The van der Waals surface area contributed by atoms with Gasteiger partial charge in [-0.25, -0.2) is 0 Å². The molecule has 0 radical (unpaired) electrons. The summed E-state index contributed by atoms with van der Waals surface area (Å²) in [5.41, 5.74) is 1.07. The summed E-state index contributed by atoms with van der Waals surface area (Å²) in [6, 6.07) is 4.91. The lowest BCUT2D eigenvalue weighted by Crippen LogP contribution is -2.29. The van der Waals surface area contributed by atoms with Crippen molar-refractivity contribution >= 4 is 17.4 Å². The van der Waals surface area contributed by atoms with Gasteiger partial charge in [-0.1, -0.05) is 6.07 Å². The van der Waals surface area contributed by atoms with E-state index in [-0.39, 0.29) is 29.0 Å². The van der Waals surface area contributed by atoms with E-state index in [1.807, 2.05) is 6.92 Å². The number of methoxy groups -OCH3 is 1. The third kappa shape index (κ3) is 4.20. The number of fused-ring (bicyclic) bond motifs is 1. The Kier molecular flexibility index (Phi) is 5.69. The zero-order chi connectivity index (χ0) is 23.9. The number of carbonyl (C=O) groups excluding carboxylic acids is 2. The van der Waals surface area contributed by atoms with Gasteiger partial charge in [0.05, 0.1) is 42.1 Å². The second-order valence-corrected chi connectivity index (χ2v) is 8.02. The zero-order valence-corrected chi connectivity index (χ0v) is 18.1. The summed E-state index contributed by atoms with van der Waals surface area (Å²) in [5, 5.41) is 6.96. The molecule has 2 atom stereocenters. The number of nitrogens with one attached hydrogen (secondary N) is 1. The highest BCUT2D eigenvalue weighted by atomic mass is 19.4. The Bertz CT molecular complexity index is 1240. The summed E-state index contributed by atoms with van der Waals surface area (Å²) in [7, 11) is 1.16. The van der Waals surface area contributed by atoms with Gasteiger partial charge >= 0.3 is 6.18 Å². The molecule has 0 saturated heterocycles. The Hall–Kier alpha value is -3.69. The number of aryl methyl sites for hydroxylation is 1. The predicted molar refractivity (Wildman–Crippen MR) is 114 cm³/mol. The lowest BCUT2D eigenvalue weighted by Gasteiger charge is -2.28. The molecule has 172 valence electrons. The van der Waals surface area contributed by atoms with Gasteiger partial charge in [-0.2, -0.15) is 18.3 Å². The molecular formula is C23H21F3N4O3. The number of alkyl halides is 3. The fourth-order valence-corrected chi connectivity index (χ4v) is 4.07. The molecule has 0 bridgehead atoms. The number of benzene rings is 1. The van der Waals surface area contributed by atoms with Gasteiger partial charge in [-0.3, -0.25) is 19.3 Å². The van der Waals surface area contributed by atoms with Crippen LogP contribution in [0.15, 0.2) is 42.9 Å². The average Bonchev–Trinajstić information content (AvgIpc) is 3.19. The van der Waals surface area contributed by atoms with E-state index in [2.05, 4.69) is 15.4 Å². The molecule has 1 N–H and O–H groups in total. The van der Waals surface area contributed by atoms with Gasteiger partial charge in [0.15, 0.2) is 5.78 Å². The smallest absolute Gasteiger partial charge is 0.419 e. The number of nitrogens with zero attached hydrogens (tertiary/aromatic N) is 3. The van der Waals surface area contributed by atoms with Gasteiger partial charge in [0.1, 0.15) is 11.4 Å². The molecular weight excluding hydrogens is 437 g/mol. The molecule has 3 aromatic rings. The lowest BCUT2D eigenvalue weighted by atomic mass is 9.84. The molecule has 33 heavy (non-hydrogen) atoms. The van der Waals surface area contributed by atoms with Gasteiger partial charge < -0.3 is 10.1 Å². The number of hydrogen-bond acceptors (Lipinski definition) is 5. The van der Waals surface area contributed by atoms with Crippen LogP contribution in [-0.4, -0.2) is 33.6 Å². The number of rotatable bonds is 4. The average molecular weight is 458 g/mol. The number of pyridine rings is 1. The molecule has 7 nitrogen and oxygen atoms in total. The van der Waals surface area contributed by atoms with Crippen molar-refractivity contribution in [3.8, 4) is 5.75 Å². The van der Waals surface area contributed by atoms with E-state index in [4.69, 9.17) is 4.74 Å². The SMILES string of the molecule is COc1cc(C2C[C@H](C)n3ncc(NC(=O)c4cncc(C)c4)c3C2=O)ccc1C(F)(F)F. The van der Waals surface area contributed by atoms with E-state index in [0.717, 1.165) is 18.7 Å². The van der Waals surface area contributed by atoms with Crippen molar-refractivity contribution in [2.45, 2.75) is 38.4 Å².